The molecule has 0 radical (unpaired) electrons. The molecule has 1 atom stereocenters. The number of aromatic nitrogens is 3. The van der Waals surface area contributed by atoms with Crippen molar-refractivity contribution in [2.75, 3.05) is 6.54 Å². The van der Waals surface area contributed by atoms with E-state index in [1.165, 1.54) is 32.1 Å². The average molecular weight is 238 g/mol. The number of aryl methyl sites for hydroxylation is 1. The molecular formula is C13H26N4. The fraction of sp³-hybridized carbons (Fsp3) is 0.846. The molecule has 1 N–H and O–H groups in total. The quantitative estimate of drug-likeness (QED) is 0.671. The number of hydrogen-bond acceptors (Lipinski definition) is 3. The highest BCUT2D eigenvalue weighted by Crippen LogP contribution is 2.09. The molecule has 1 rings (SSSR count). The van der Waals surface area contributed by atoms with Gasteiger partial charge in [-0.1, -0.05) is 44.7 Å². The first-order valence-electron chi connectivity index (χ1n) is 6.84. The summed E-state index contributed by atoms with van der Waals surface area (Å²) in [5, 5.41) is 11.7. The lowest BCUT2D eigenvalue weighted by Gasteiger charge is -2.16. The van der Waals surface area contributed by atoms with Crippen LogP contribution in [0.4, 0.5) is 0 Å². The second-order valence-corrected chi connectivity index (χ2v) is 4.69. The molecule has 0 aliphatic heterocycles. The summed E-state index contributed by atoms with van der Waals surface area (Å²) in [6.45, 7) is 5.44. The summed E-state index contributed by atoms with van der Waals surface area (Å²) in [5.41, 5.74) is 1.09. The molecule has 0 saturated carbocycles. The zero-order chi connectivity index (χ0) is 12.5. The van der Waals surface area contributed by atoms with Crippen molar-refractivity contribution in [1.82, 2.24) is 20.3 Å². The van der Waals surface area contributed by atoms with Gasteiger partial charge in [0.05, 0.1) is 5.69 Å². The molecule has 1 unspecified atom stereocenters. The third-order valence-corrected chi connectivity index (χ3v) is 3.00. The molecule has 17 heavy (non-hydrogen) atoms. The van der Waals surface area contributed by atoms with E-state index in [1.807, 2.05) is 13.2 Å². The minimum Gasteiger partial charge on any atom is -0.314 e. The van der Waals surface area contributed by atoms with Crippen molar-refractivity contribution in [1.29, 1.82) is 0 Å². The highest BCUT2D eigenvalue weighted by atomic mass is 15.4. The summed E-state index contributed by atoms with van der Waals surface area (Å²) >= 11 is 0. The predicted molar refractivity (Wildman–Crippen MR) is 70.9 cm³/mol. The summed E-state index contributed by atoms with van der Waals surface area (Å²) in [6.07, 6.45) is 9.55. The van der Waals surface area contributed by atoms with E-state index in [4.69, 9.17) is 0 Å². The molecule has 1 heterocycles. The zero-order valence-electron chi connectivity index (χ0n) is 11.4. The van der Waals surface area contributed by atoms with E-state index in [1.54, 1.807) is 4.68 Å². The number of unbranched alkanes of at least 4 members (excludes halogenated alkanes) is 3. The Morgan fingerprint density at radius 3 is 2.71 bits per heavy atom. The lowest BCUT2D eigenvalue weighted by Crippen LogP contribution is -2.31. The summed E-state index contributed by atoms with van der Waals surface area (Å²) in [6, 6.07) is 0.550. The Balaban J connectivity index is 2.32. The monoisotopic (exact) mass is 238 g/mol. The first-order valence-corrected chi connectivity index (χ1v) is 6.84. The molecule has 98 valence electrons. The lowest BCUT2D eigenvalue weighted by molar-refractivity contribution is 0.459. The molecule has 0 fully saturated rings. The topological polar surface area (TPSA) is 42.7 Å². The Hall–Kier alpha value is -0.900. The number of likely N-dealkylation sites (N-methyl/N-ethyl adjacent to an activating group) is 1. The largest absolute Gasteiger partial charge is 0.314 e. The van der Waals surface area contributed by atoms with Crippen LogP contribution >= 0.6 is 0 Å². The SMILES string of the molecule is CCCCCCC(Cc1cn(C)nn1)NCC. The van der Waals surface area contributed by atoms with E-state index in [-0.39, 0.29) is 0 Å². The fourth-order valence-corrected chi connectivity index (χ4v) is 2.12. The van der Waals surface area contributed by atoms with Crippen LogP contribution in [0.5, 0.6) is 0 Å². The maximum atomic E-state index is 4.16. The van der Waals surface area contributed by atoms with Gasteiger partial charge in [0.2, 0.25) is 0 Å². The van der Waals surface area contributed by atoms with Crippen LogP contribution in [0.25, 0.3) is 0 Å². The molecule has 0 aromatic carbocycles. The van der Waals surface area contributed by atoms with Gasteiger partial charge in [-0.2, -0.15) is 0 Å². The van der Waals surface area contributed by atoms with Crippen LogP contribution in [0.2, 0.25) is 0 Å². The van der Waals surface area contributed by atoms with Gasteiger partial charge in [0.25, 0.3) is 0 Å². The van der Waals surface area contributed by atoms with Crippen LogP contribution in [0.3, 0.4) is 0 Å². The molecule has 0 bridgehead atoms. The van der Waals surface area contributed by atoms with Crippen molar-refractivity contribution < 1.29 is 0 Å². The van der Waals surface area contributed by atoms with Gasteiger partial charge in [-0.25, -0.2) is 0 Å². The molecule has 0 aliphatic carbocycles. The van der Waals surface area contributed by atoms with Crippen molar-refractivity contribution in [3.05, 3.63) is 11.9 Å². The predicted octanol–water partition coefficient (Wildman–Crippen LogP) is 2.31. The van der Waals surface area contributed by atoms with Crippen molar-refractivity contribution >= 4 is 0 Å². The number of rotatable bonds is 9. The van der Waals surface area contributed by atoms with Crippen LogP contribution in [-0.2, 0) is 13.5 Å². The Labute approximate surface area is 105 Å². The van der Waals surface area contributed by atoms with Gasteiger partial charge < -0.3 is 5.32 Å². The standard InChI is InChI=1S/C13H26N4/c1-4-6-7-8-9-12(14-5-2)10-13-11-17(3)16-15-13/h11-12,14H,4-10H2,1-3H3. The molecule has 0 aliphatic rings. The molecular weight excluding hydrogens is 212 g/mol. The summed E-state index contributed by atoms with van der Waals surface area (Å²) in [4.78, 5) is 0. The van der Waals surface area contributed by atoms with Crippen molar-refractivity contribution in [2.24, 2.45) is 7.05 Å². The normalized spacial score (nSPS) is 12.9. The van der Waals surface area contributed by atoms with E-state index < -0.39 is 0 Å². The number of nitrogens with zero attached hydrogens (tertiary/aromatic N) is 3. The zero-order valence-corrected chi connectivity index (χ0v) is 11.4. The third-order valence-electron chi connectivity index (χ3n) is 3.00. The summed E-state index contributed by atoms with van der Waals surface area (Å²) in [7, 11) is 1.92. The smallest absolute Gasteiger partial charge is 0.0842 e. The molecule has 4 nitrogen and oxygen atoms in total. The molecule has 1 aromatic rings. The second kappa shape index (κ2) is 8.23. The molecule has 4 heteroatoms. The van der Waals surface area contributed by atoms with Crippen LogP contribution in [0, 0.1) is 0 Å². The van der Waals surface area contributed by atoms with Gasteiger partial charge in [0.15, 0.2) is 0 Å². The van der Waals surface area contributed by atoms with Crippen LogP contribution in [-0.4, -0.2) is 27.6 Å². The Morgan fingerprint density at radius 1 is 1.29 bits per heavy atom. The van der Waals surface area contributed by atoms with Gasteiger partial charge in [-0.15, -0.1) is 5.10 Å². The Morgan fingerprint density at radius 2 is 2.12 bits per heavy atom. The molecule has 0 spiro atoms. The van der Waals surface area contributed by atoms with E-state index in [0.29, 0.717) is 6.04 Å². The Kier molecular flexibility index (Phi) is 6.86. The minimum absolute atomic E-state index is 0.550. The van der Waals surface area contributed by atoms with Gasteiger partial charge in [-0.3, -0.25) is 4.68 Å². The van der Waals surface area contributed by atoms with E-state index >= 15 is 0 Å². The molecule has 0 amide bonds. The van der Waals surface area contributed by atoms with Gasteiger partial charge in [-0.05, 0) is 13.0 Å². The number of nitrogens with one attached hydrogen (secondary N) is 1. The third kappa shape index (κ3) is 5.82. The summed E-state index contributed by atoms with van der Waals surface area (Å²) < 4.78 is 1.77. The van der Waals surface area contributed by atoms with E-state index in [9.17, 15) is 0 Å². The fourth-order valence-electron chi connectivity index (χ4n) is 2.12. The summed E-state index contributed by atoms with van der Waals surface area (Å²) in [5.74, 6) is 0. The highest BCUT2D eigenvalue weighted by molar-refractivity contribution is 4.95. The van der Waals surface area contributed by atoms with Crippen LogP contribution in [0.15, 0.2) is 6.20 Å². The van der Waals surface area contributed by atoms with Crippen LogP contribution < -0.4 is 5.32 Å². The van der Waals surface area contributed by atoms with E-state index in [2.05, 4.69) is 29.5 Å². The first kappa shape index (κ1) is 14.2. The maximum Gasteiger partial charge on any atom is 0.0842 e. The number of hydrogen-bond donors (Lipinski definition) is 1. The van der Waals surface area contributed by atoms with Crippen LogP contribution in [0.1, 0.15) is 51.6 Å². The minimum atomic E-state index is 0.550. The van der Waals surface area contributed by atoms with Crippen molar-refractivity contribution in [2.45, 2.75) is 58.4 Å². The van der Waals surface area contributed by atoms with Crippen molar-refractivity contribution in [3.8, 4) is 0 Å². The van der Waals surface area contributed by atoms with Gasteiger partial charge in [0, 0.05) is 25.7 Å². The van der Waals surface area contributed by atoms with Crippen molar-refractivity contribution in [3.63, 3.8) is 0 Å². The van der Waals surface area contributed by atoms with Gasteiger partial charge >= 0.3 is 0 Å². The lowest BCUT2D eigenvalue weighted by atomic mass is 10.0. The Bertz CT molecular complexity index is 295. The molecule has 1 aromatic heterocycles. The maximum absolute atomic E-state index is 4.16. The van der Waals surface area contributed by atoms with Gasteiger partial charge in [0.1, 0.15) is 0 Å². The van der Waals surface area contributed by atoms with E-state index in [0.717, 1.165) is 18.7 Å². The average Bonchev–Trinajstić information content (AvgIpc) is 2.70. The first-order chi connectivity index (χ1) is 8.26. The second-order valence-electron chi connectivity index (χ2n) is 4.69. The molecule has 0 saturated heterocycles. The highest BCUT2D eigenvalue weighted by Gasteiger charge is 2.10.